The molecular formula is C15H19FN2O2. The summed E-state index contributed by atoms with van der Waals surface area (Å²) in [6.07, 6.45) is 2.32. The molecule has 1 fully saturated rings. The molecule has 0 aromatic heterocycles. The quantitative estimate of drug-likeness (QED) is 0.906. The summed E-state index contributed by atoms with van der Waals surface area (Å²) in [6.45, 7) is 1.19. The van der Waals surface area contributed by atoms with Crippen molar-refractivity contribution < 1.29 is 14.0 Å². The second-order valence-corrected chi connectivity index (χ2v) is 5.18. The van der Waals surface area contributed by atoms with Crippen LogP contribution in [0.25, 0.3) is 0 Å². The summed E-state index contributed by atoms with van der Waals surface area (Å²) in [5.41, 5.74) is 6.21. The summed E-state index contributed by atoms with van der Waals surface area (Å²) < 4.78 is 12.8. The summed E-state index contributed by atoms with van der Waals surface area (Å²) in [6, 6.07) is 6.19. The highest BCUT2D eigenvalue weighted by Gasteiger charge is 2.25. The topological polar surface area (TPSA) is 63.4 Å². The molecular weight excluding hydrogens is 259 g/mol. The van der Waals surface area contributed by atoms with Crippen molar-refractivity contribution in [1.82, 2.24) is 4.90 Å². The van der Waals surface area contributed by atoms with Gasteiger partial charge in [0.05, 0.1) is 0 Å². The number of carbonyl (C=O) groups is 2. The Morgan fingerprint density at radius 2 is 1.80 bits per heavy atom. The SMILES string of the molecule is NC(=O)C1CCN(C(=O)CCc2ccc(F)cc2)CC1. The van der Waals surface area contributed by atoms with Crippen molar-refractivity contribution in [1.29, 1.82) is 0 Å². The molecule has 1 saturated heterocycles. The summed E-state index contributed by atoms with van der Waals surface area (Å²) in [5.74, 6) is -0.564. The molecule has 20 heavy (non-hydrogen) atoms. The van der Waals surface area contributed by atoms with Gasteiger partial charge < -0.3 is 10.6 Å². The first-order valence-electron chi connectivity index (χ1n) is 6.88. The number of rotatable bonds is 4. The zero-order valence-corrected chi connectivity index (χ0v) is 11.3. The molecule has 2 rings (SSSR count). The van der Waals surface area contributed by atoms with Crippen LogP contribution in [0.2, 0.25) is 0 Å². The highest BCUT2D eigenvalue weighted by atomic mass is 19.1. The van der Waals surface area contributed by atoms with Gasteiger partial charge in [0.15, 0.2) is 0 Å². The molecule has 1 aromatic carbocycles. The first kappa shape index (κ1) is 14.5. The number of nitrogens with two attached hydrogens (primary N) is 1. The Morgan fingerprint density at radius 3 is 2.35 bits per heavy atom. The molecule has 1 heterocycles. The molecule has 0 radical (unpaired) electrons. The molecule has 108 valence electrons. The maximum atomic E-state index is 12.8. The average molecular weight is 278 g/mol. The second kappa shape index (κ2) is 6.50. The Balaban J connectivity index is 1.78. The normalized spacial score (nSPS) is 16.1. The minimum Gasteiger partial charge on any atom is -0.369 e. The summed E-state index contributed by atoms with van der Waals surface area (Å²) in [7, 11) is 0. The molecule has 1 aliphatic heterocycles. The Morgan fingerprint density at radius 1 is 1.20 bits per heavy atom. The first-order chi connectivity index (χ1) is 9.56. The van der Waals surface area contributed by atoms with Gasteiger partial charge >= 0.3 is 0 Å². The van der Waals surface area contributed by atoms with E-state index < -0.39 is 0 Å². The number of aryl methyl sites for hydroxylation is 1. The number of hydrogen-bond donors (Lipinski definition) is 1. The Bertz CT molecular complexity index is 479. The lowest BCUT2D eigenvalue weighted by Crippen LogP contribution is -2.41. The number of amides is 2. The first-order valence-corrected chi connectivity index (χ1v) is 6.88. The zero-order chi connectivity index (χ0) is 14.5. The highest BCUT2D eigenvalue weighted by molar-refractivity contribution is 5.79. The van der Waals surface area contributed by atoms with Gasteiger partial charge in [-0.15, -0.1) is 0 Å². The van der Waals surface area contributed by atoms with E-state index in [1.807, 2.05) is 0 Å². The van der Waals surface area contributed by atoms with Gasteiger partial charge in [0.2, 0.25) is 11.8 Å². The highest BCUT2D eigenvalue weighted by Crippen LogP contribution is 2.17. The van der Waals surface area contributed by atoms with Crippen LogP contribution >= 0.6 is 0 Å². The van der Waals surface area contributed by atoms with E-state index in [9.17, 15) is 14.0 Å². The molecule has 4 nitrogen and oxygen atoms in total. The predicted octanol–water partition coefficient (Wildman–Crippen LogP) is 1.48. The van der Waals surface area contributed by atoms with Gasteiger partial charge in [0.25, 0.3) is 0 Å². The van der Waals surface area contributed by atoms with E-state index in [0.29, 0.717) is 38.8 Å². The van der Waals surface area contributed by atoms with Crippen LogP contribution in [0.4, 0.5) is 4.39 Å². The van der Waals surface area contributed by atoms with E-state index in [2.05, 4.69) is 0 Å². The van der Waals surface area contributed by atoms with Gasteiger partial charge in [-0.1, -0.05) is 12.1 Å². The van der Waals surface area contributed by atoms with E-state index in [-0.39, 0.29) is 23.5 Å². The molecule has 1 aliphatic rings. The van der Waals surface area contributed by atoms with E-state index in [1.165, 1.54) is 12.1 Å². The lowest BCUT2D eigenvalue weighted by molar-refractivity contribution is -0.134. The average Bonchev–Trinajstić information content (AvgIpc) is 2.46. The van der Waals surface area contributed by atoms with E-state index in [4.69, 9.17) is 5.73 Å². The van der Waals surface area contributed by atoms with E-state index in [1.54, 1.807) is 17.0 Å². The summed E-state index contributed by atoms with van der Waals surface area (Å²) in [4.78, 5) is 24.9. The number of carbonyl (C=O) groups excluding carboxylic acids is 2. The molecule has 0 unspecified atom stereocenters. The Kier molecular flexibility index (Phi) is 4.71. The van der Waals surface area contributed by atoms with Crippen molar-refractivity contribution >= 4 is 11.8 Å². The smallest absolute Gasteiger partial charge is 0.222 e. The lowest BCUT2D eigenvalue weighted by Gasteiger charge is -2.30. The van der Waals surface area contributed by atoms with E-state index >= 15 is 0 Å². The maximum absolute atomic E-state index is 12.8. The van der Waals surface area contributed by atoms with Gasteiger partial charge in [-0.25, -0.2) is 4.39 Å². The number of piperidine rings is 1. The number of likely N-dealkylation sites (tertiary alicyclic amines) is 1. The fourth-order valence-corrected chi connectivity index (χ4v) is 2.47. The number of primary amides is 1. The molecule has 0 spiro atoms. The van der Waals surface area contributed by atoms with Gasteiger partial charge in [0.1, 0.15) is 5.82 Å². The van der Waals surface area contributed by atoms with Crippen LogP contribution in [0.15, 0.2) is 24.3 Å². The monoisotopic (exact) mass is 278 g/mol. The largest absolute Gasteiger partial charge is 0.369 e. The summed E-state index contributed by atoms with van der Waals surface area (Å²) >= 11 is 0. The third-order valence-corrected chi connectivity index (χ3v) is 3.79. The minimum atomic E-state index is -0.275. The lowest BCUT2D eigenvalue weighted by atomic mass is 9.96. The Labute approximate surface area is 117 Å². The van der Waals surface area contributed by atoms with Crippen LogP contribution in [0.3, 0.4) is 0 Å². The molecule has 0 aliphatic carbocycles. The minimum absolute atomic E-state index is 0.0808. The standard InChI is InChI=1S/C15H19FN2O2/c16-13-4-1-11(2-5-13)3-6-14(19)18-9-7-12(8-10-18)15(17)20/h1-2,4-5,12H,3,6-10H2,(H2,17,20). The van der Waals surface area contributed by atoms with E-state index in [0.717, 1.165) is 5.56 Å². The molecule has 0 bridgehead atoms. The van der Waals surface area contributed by atoms with Gasteiger partial charge in [-0.3, -0.25) is 9.59 Å². The fraction of sp³-hybridized carbons (Fsp3) is 0.467. The number of hydrogen-bond acceptors (Lipinski definition) is 2. The maximum Gasteiger partial charge on any atom is 0.222 e. The number of nitrogens with zero attached hydrogens (tertiary/aromatic N) is 1. The Hall–Kier alpha value is -1.91. The second-order valence-electron chi connectivity index (χ2n) is 5.18. The molecule has 1 aromatic rings. The van der Waals surface area contributed by atoms with Crippen LogP contribution in [0, 0.1) is 11.7 Å². The van der Waals surface area contributed by atoms with Gasteiger partial charge in [0, 0.05) is 25.4 Å². The third-order valence-electron chi connectivity index (χ3n) is 3.79. The zero-order valence-electron chi connectivity index (χ0n) is 11.3. The summed E-state index contributed by atoms with van der Waals surface area (Å²) in [5, 5.41) is 0. The van der Waals surface area contributed by atoms with Crippen molar-refractivity contribution in [2.75, 3.05) is 13.1 Å². The van der Waals surface area contributed by atoms with Gasteiger partial charge in [-0.05, 0) is 37.0 Å². The fourth-order valence-electron chi connectivity index (χ4n) is 2.47. The molecule has 2 amide bonds. The number of benzene rings is 1. The molecule has 5 heteroatoms. The van der Waals surface area contributed by atoms with Crippen molar-refractivity contribution in [2.24, 2.45) is 11.7 Å². The number of halogens is 1. The molecule has 2 N–H and O–H groups in total. The van der Waals surface area contributed by atoms with Crippen molar-refractivity contribution in [3.63, 3.8) is 0 Å². The van der Waals surface area contributed by atoms with Crippen LogP contribution < -0.4 is 5.73 Å². The predicted molar refractivity (Wildman–Crippen MR) is 73.2 cm³/mol. The van der Waals surface area contributed by atoms with Crippen LogP contribution in [0.1, 0.15) is 24.8 Å². The van der Waals surface area contributed by atoms with Crippen molar-refractivity contribution in [3.05, 3.63) is 35.6 Å². The molecule has 0 atom stereocenters. The van der Waals surface area contributed by atoms with Crippen LogP contribution in [0.5, 0.6) is 0 Å². The third kappa shape index (κ3) is 3.79. The van der Waals surface area contributed by atoms with Crippen molar-refractivity contribution in [3.8, 4) is 0 Å². The molecule has 0 saturated carbocycles. The van der Waals surface area contributed by atoms with Crippen LogP contribution in [-0.4, -0.2) is 29.8 Å². The van der Waals surface area contributed by atoms with Gasteiger partial charge in [-0.2, -0.15) is 0 Å². The van der Waals surface area contributed by atoms with Crippen molar-refractivity contribution in [2.45, 2.75) is 25.7 Å². The van der Waals surface area contributed by atoms with Crippen LogP contribution in [-0.2, 0) is 16.0 Å².